The number of aromatic hydroxyl groups is 1. The number of phenolic OH excluding ortho intramolecular Hbond substituents is 1. The zero-order valence-electron chi connectivity index (χ0n) is 8.93. The Morgan fingerprint density at radius 3 is 2.00 bits per heavy atom. The number of ketones is 1. The molecule has 0 aromatic heterocycles. The fourth-order valence-electron chi connectivity index (χ4n) is 1.33. The first-order valence-electron chi connectivity index (χ1n) is 4.28. The first-order chi connectivity index (χ1) is 7.45. The van der Waals surface area contributed by atoms with E-state index in [0.29, 0.717) is 0 Å². The number of hydrogen-bond acceptors (Lipinski definition) is 4. The standard InChI is InChI=1S/C10H10Cl2O4/c1-4(13)5-6(11)7(12)8(14)10(16-3)9(5)15-2/h14H,1-3H3. The summed E-state index contributed by atoms with van der Waals surface area (Å²) in [5.74, 6) is -0.623. The van der Waals surface area contributed by atoms with Crippen molar-refractivity contribution in [2.24, 2.45) is 0 Å². The van der Waals surface area contributed by atoms with Crippen molar-refractivity contribution in [2.75, 3.05) is 14.2 Å². The molecular formula is C10H10Cl2O4. The van der Waals surface area contributed by atoms with E-state index in [2.05, 4.69) is 0 Å². The number of halogens is 2. The number of ether oxygens (including phenoxy) is 2. The van der Waals surface area contributed by atoms with E-state index in [0.717, 1.165) is 0 Å². The van der Waals surface area contributed by atoms with Gasteiger partial charge in [-0.15, -0.1) is 0 Å². The molecule has 0 atom stereocenters. The quantitative estimate of drug-likeness (QED) is 0.853. The average Bonchev–Trinajstić information content (AvgIpc) is 2.24. The Balaban J connectivity index is 3.72. The van der Waals surface area contributed by atoms with E-state index >= 15 is 0 Å². The summed E-state index contributed by atoms with van der Waals surface area (Å²) in [6.07, 6.45) is 0. The molecule has 1 N–H and O–H groups in total. The van der Waals surface area contributed by atoms with Gasteiger partial charge in [0, 0.05) is 0 Å². The van der Waals surface area contributed by atoms with Gasteiger partial charge >= 0.3 is 0 Å². The number of Topliss-reactive ketones (excluding diaryl/α,β-unsaturated/α-hetero) is 1. The van der Waals surface area contributed by atoms with Crippen molar-refractivity contribution in [3.8, 4) is 17.2 Å². The van der Waals surface area contributed by atoms with Gasteiger partial charge in [0.1, 0.15) is 5.02 Å². The number of carbonyl (C=O) groups excluding carboxylic acids is 1. The van der Waals surface area contributed by atoms with Crippen molar-refractivity contribution < 1.29 is 19.4 Å². The Morgan fingerprint density at radius 1 is 1.12 bits per heavy atom. The van der Waals surface area contributed by atoms with E-state index in [1.165, 1.54) is 21.1 Å². The molecule has 16 heavy (non-hydrogen) atoms. The smallest absolute Gasteiger partial charge is 0.205 e. The van der Waals surface area contributed by atoms with Crippen LogP contribution >= 0.6 is 23.2 Å². The molecule has 0 heterocycles. The lowest BCUT2D eigenvalue weighted by molar-refractivity contribution is 0.101. The molecule has 1 rings (SSSR count). The Morgan fingerprint density at radius 2 is 1.62 bits per heavy atom. The van der Waals surface area contributed by atoms with Crippen molar-refractivity contribution in [2.45, 2.75) is 6.92 Å². The van der Waals surface area contributed by atoms with Crippen LogP contribution in [-0.4, -0.2) is 25.1 Å². The second-order valence-corrected chi connectivity index (χ2v) is 3.73. The van der Waals surface area contributed by atoms with Gasteiger partial charge in [-0.2, -0.15) is 0 Å². The number of rotatable bonds is 3. The molecule has 0 aliphatic heterocycles. The average molecular weight is 265 g/mol. The molecule has 0 aliphatic rings. The minimum Gasteiger partial charge on any atom is -0.503 e. The van der Waals surface area contributed by atoms with Gasteiger partial charge in [-0.25, -0.2) is 0 Å². The number of benzene rings is 1. The topological polar surface area (TPSA) is 55.8 Å². The molecule has 0 saturated heterocycles. The largest absolute Gasteiger partial charge is 0.503 e. The van der Waals surface area contributed by atoms with Gasteiger partial charge in [0.2, 0.25) is 5.75 Å². The summed E-state index contributed by atoms with van der Waals surface area (Å²) >= 11 is 11.6. The normalized spacial score (nSPS) is 10.1. The van der Waals surface area contributed by atoms with Crippen molar-refractivity contribution in [1.82, 2.24) is 0 Å². The van der Waals surface area contributed by atoms with Crippen LogP contribution in [0.1, 0.15) is 17.3 Å². The minimum atomic E-state index is -0.351. The SMILES string of the molecule is COc1c(O)c(Cl)c(Cl)c(C(C)=O)c1OC. The van der Waals surface area contributed by atoms with Crippen LogP contribution in [0.3, 0.4) is 0 Å². The summed E-state index contributed by atoms with van der Waals surface area (Å²) in [5, 5.41) is 9.48. The molecule has 6 heteroatoms. The zero-order valence-corrected chi connectivity index (χ0v) is 10.4. The summed E-state index contributed by atoms with van der Waals surface area (Å²) in [7, 11) is 2.67. The molecule has 4 nitrogen and oxygen atoms in total. The predicted molar refractivity (Wildman–Crippen MR) is 61.2 cm³/mol. The monoisotopic (exact) mass is 264 g/mol. The minimum absolute atomic E-state index is 0.0119. The van der Waals surface area contributed by atoms with Crippen molar-refractivity contribution >= 4 is 29.0 Å². The molecule has 0 radical (unpaired) electrons. The van der Waals surface area contributed by atoms with E-state index < -0.39 is 0 Å². The van der Waals surface area contributed by atoms with Crippen LogP contribution in [0.4, 0.5) is 0 Å². The van der Waals surface area contributed by atoms with Crippen LogP contribution in [0, 0.1) is 0 Å². The van der Waals surface area contributed by atoms with Crippen molar-refractivity contribution in [3.63, 3.8) is 0 Å². The summed E-state index contributed by atoms with van der Waals surface area (Å²) in [6.45, 7) is 1.32. The Bertz CT molecular complexity index is 443. The van der Waals surface area contributed by atoms with Crippen LogP contribution < -0.4 is 9.47 Å². The lowest BCUT2D eigenvalue weighted by atomic mass is 10.1. The second kappa shape index (κ2) is 4.80. The predicted octanol–water partition coefficient (Wildman–Crippen LogP) is 2.92. The van der Waals surface area contributed by atoms with Crippen LogP contribution in [-0.2, 0) is 0 Å². The summed E-state index contributed by atoms with van der Waals surface area (Å²) < 4.78 is 9.92. The number of carbonyl (C=O) groups is 1. The van der Waals surface area contributed by atoms with Crippen molar-refractivity contribution in [1.29, 1.82) is 0 Å². The van der Waals surface area contributed by atoms with Crippen LogP contribution in [0.25, 0.3) is 0 Å². The maximum atomic E-state index is 11.4. The highest BCUT2D eigenvalue weighted by molar-refractivity contribution is 6.45. The zero-order chi connectivity index (χ0) is 12.5. The number of hydrogen-bond donors (Lipinski definition) is 1. The second-order valence-electron chi connectivity index (χ2n) is 2.97. The summed E-state index contributed by atoms with van der Waals surface area (Å²) in [4.78, 5) is 11.4. The fraction of sp³-hybridized carbons (Fsp3) is 0.300. The Labute approximate surface area is 103 Å². The molecule has 0 amide bonds. The maximum Gasteiger partial charge on any atom is 0.205 e. The molecule has 0 fully saturated rings. The lowest BCUT2D eigenvalue weighted by Gasteiger charge is -2.15. The molecule has 0 saturated carbocycles. The molecule has 1 aromatic rings. The molecule has 0 unspecified atom stereocenters. The van der Waals surface area contributed by atoms with Crippen molar-refractivity contribution in [3.05, 3.63) is 15.6 Å². The van der Waals surface area contributed by atoms with E-state index in [9.17, 15) is 9.90 Å². The molecular weight excluding hydrogens is 255 g/mol. The Kier molecular flexibility index (Phi) is 3.88. The maximum absolute atomic E-state index is 11.4. The highest BCUT2D eigenvalue weighted by atomic mass is 35.5. The van der Waals surface area contributed by atoms with Gasteiger partial charge in [-0.1, -0.05) is 23.2 Å². The van der Waals surface area contributed by atoms with E-state index in [-0.39, 0.29) is 38.6 Å². The molecule has 88 valence electrons. The molecule has 0 bridgehead atoms. The third-order valence-corrected chi connectivity index (χ3v) is 2.87. The molecule has 1 aromatic carbocycles. The van der Waals surface area contributed by atoms with E-state index in [4.69, 9.17) is 32.7 Å². The van der Waals surface area contributed by atoms with E-state index in [1.807, 2.05) is 0 Å². The molecule has 0 spiro atoms. The third-order valence-electron chi connectivity index (χ3n) is 2.03. The van der Waals surface area contributed by atoms with Gasteiger partial charge in [-0.05, 0) is 6.92 Å². The fourth-order valence-corrected chi connectivity index (χ4v) is 1.82. The van der Waals surface area contributed by atoms with Gasteiger partial charge in [-0.3, -0.25) is 4.79 Å². The highest BCUT2D eigenvalue weighted by Gasteiger charge is 2.25. The lowest BCUT2D eigenvalue weighted by Crippen LogP contribution is -2.02. The summed E-state index contributed by atoms with van der Waals surface area (Å²) in [5.41, 5.74) is 0.0869. The van der Waals surface area contributed by atoms with Crippen LogP contribution in [0.2, 0.25) is 10.0 Å². The highest BCUT2D eigenvalue weighted by Crippen LogP contribution is 2.49. The van der Waals surface area contributed by atoms with Gasteiger partial charge < -0.3 is 14.6 Å². The van der Waals surface area contributed by atoms with Crippen LogP contribution in [0.15, 0.2) is 0 Å². The first kappa shape index (κ1) is 12.9. The van der Waals surface area contributed by atoms with Gasteiger partial charge in [0.05, 0.1) is 24.8 Å². The van der Waals surface area contributed by atoms with Gasteiger partial charge in [0.25, 0.3) is 0 Å². The first-order valence-corrected chi connectivity index (χ1v) is 5.04. The van der Waals surface area contributed by atoms with E-state index in [1.54, 1.807) is 0 Å². The van der Waals surface area contributed by atoms with Crippen LogP contribution in [0.5, 0.6) is 17.2 Å². The summed E-state index contributed by atoms with van der Waals surface area (Å²) in [6, 6.07) is 0. The molecule has 0 aliphatic carbocycles. The third kappa shape index (κ3) is 1.90. The number of phenols is 1. The Hall–Kier alpha value is -1.13. The van der Waals surface area contributed by atoms with Gasteiger partial charge in [0.15, 0.2) is 17.3 Å². The number of methoxy groups -OCH3 is 2.